The zero-order valence-corrected chi connectivity index (χ0v) is 13.6. The fraction of sp³-hybridized carbons (Fsp3) is 0.211. The molecule has 5 heteroatoms. The lowest BCUT2D eigenvalue weighted by atomic mass is 10.1. The molecule has 24 heavy (non-hydrogen) atoms. The zero-order chi connectivity index (χ0) is 17.3. The van der Waals surface area contributed by atoms with Gasteiger partial charge in [0.1, 0.15) is 6.54 Å². The highest BCUT2D eigenvalue weighted by Gasteiger charge is 2.36. The SMILES string of the molecule is Cc1ccc(CNC(=O)CN2C(=O)c3ccccc3C2=O)c(C)c1. The molecule has 122 valence electrons. The maximum absolute atomic E-state index is 12.2. The van der Waals surface area contributed by atoms with Gasteiger partial charge in [-0.05, 0) is 37.1 Å². The van der Waals surface area contributed by atoms with Gasteiger partial charge in [-0.1, -0.05) is 35.9 Å². The Morgan fingerprint density at radius 3 is 2.21 bits per heavy atom. The Morgan fingerprint density at radius 1 is 1.00 bits per heavy atom. The topological polar surface area (TPSA) is 66.5 Å². The molecular weight excluding hydrogens is 304 g/mol. The first-order chi connectivity index (χ1) is 11.5. The Kier molecular flexibility index (Phi) is 4.16. The molecule has 2 aromatic rings. The molecule has 0 spiro atoms. The lowest BCUT2D eigenvalue weighted by molar-refractivity contribution is -0.121. The van der Waals surface area contributed by atoms with Crippen LogP contribution < -0.4 is 5.32 Å². The van der Waals surface area contributed by atoms with Gasteiger partial charge in [0.2, 0.25) is 5.91 Å². The second-order valence-electron chi connectivity index (χ2n) is 5.95. The summed E-state index contributed by atoms with van der Waals surface area (Å²) < 4.78 is 0. The van der Waals surface area contributed by atoms with Gasteiger partial charge in [0.15, 0.2) is 0 Å². The van der Waals surface area contributed by atoms with E-state index in [1.807, 2.05) is 32.0 Å². The van der Waals surface area contributed by atoms with Gasteiger partial charge in [-0.2, -0.15) is 0 Å². The molecule has 1 heterocycles. The average molecular weight is 322 g/mol. The van der Waals surface area contributed by atoms with Crippen LogP contribution in [0.2, 0.25) is 0 Å². The number of nitrogens with one attached hydrogen (secondary N) is 1. The van der Waals surface area contributed by atoms with Gasteiger partial charge in [0.25, 0.3) is 11.8 Å². The fourth-order valence-corrected chi connectivity index (χ4v) is 2.82. The number of carbonyl (C=O) groups is 3. The molecule has 1 aliphatic heterocycles. The van der Waals surface area contributed by atoms with E-state index in [1.54, 1.807) is 24.3 Å². The third kappa shape index (κ3) is 2.93. The summed E-state index contributed by atoms with van der Waals surface area (Å²) in [6.07, 6.45) is 0. The number of imide groups is 1. The summed E-state index contributed by atoms with van der Waals surface area (Å²) >= 11 is 0. The minimum absolute atomic E-state index is 0.267. The quantitative estimate of drug-likeness (QED) is 0.878. The first kappa shape index (κ1) is 15.9. The first-order valence-corrected chi connectivity index (χ1v) is 7.75. The maximum Gasteiger partial charge on any atom is 0.262 e. The van der Waals surface area contributed by atoms with Crippen molar-refractivity contribution in [1.82, 2.24) is 10.2 Å². The number of carbonyl (C=O) groups excluding carboxylic acids is 3. The van der Waals surface area contributed by atoms with Gasteiger partial charge in [0.05, 0.1) is 11.1 Å². The number of amides is 3. The van der Waals surface area contributed by atoms with Crippen molar-refractivity contribution >= 4 is 17.7 Å². The summed E-state index contributed by atoms with van der Waals surface area (Å²) in [5.74, 6) is -1.20. The molecule has 3 rings (SSSR count). The monoisotopic (exact) mass is 322 g/mol. The van der Waals surface area contributed by atoms with Gasteiger partial charge in [-0.3, -0.25) is 19.3 Å². The van der Waals surface area contributed by atoms with E-state index in [-0.39, 0.29) is 12.5 Å². The summed E-state index contributed by atoms with van der Waals surface area (Å²) in [4.78, 5) is 37.6. The minimum atomic E-state index is -0.419. The van der Waals surface area contributed by atoms with Crippen molar-refractivity contribution in [2.24, 2.45) is 0 Å². The van der Waals surface area contributed by atoms with Crippen molar-refractivity contribution in [3.05, 3.63) is 70.3 Å². The van der Waals surface area contributed by atoms with E-state index in [4.69, 9.17) is 0 Å². The largest absolute Gasteiger partial charge is 0.350 e. The third-order valence-corrected chi connectivity index (χ3v) is 4.15. The van der Waals surface area contributed by atoms with Crippen LogP contribution in [0, 0.1) is 13.8 Å². The minimum Gasteiger partial charge on any atom is -0.350 e. The molecule has 5 nitrogen and oxygen atoms in total. The highest BCUT2D eigenvalue weighted by Crippen LogP contribution is 2.21. The lowest BCUT2D eigenvalue weighted by Crippen LogP contribution is -2.40. The van der Waals surface area contributed by atoms with Crippen molar-refractivity contribution in [1.29, 1.82) is 0 Å². The van der Waals surface area contributed by atoms with E-state index in [2.05, 4.69) is 5.32 Å². The smallest absolute Gasteiger partial charge is 0.262 e. The predicted molar refractivity (Wildman–Crippen MR) is 89.6 cm³/mol. The number of rotatable bonds is 4. The number of nitrogens with zero attached hydrogens (tertiary/aromatic N) is 1. The van der Waals surface area contributed by atoms with Crippen LogP contribution in [0.25, 0.3) is 0 Å². The van der Waals surface area contributed by atoms with E-state index in [1.165, 1.54) is 0 Å². The summed E-state index contributed by atoms with van der Waals surface area (Å²) in [5.41, 5.74) is 3.97. The van der Waals surface area contributed by atoms with Crippen LogP contribution in [0.1, 0.15) is 37.4 Å². The molecule has 0 saturated heterocycles. The maximum atomic E-state index is 12.2. The van der Waals surface area contributed by atoms with Gasteiger partial charge < -0.3 is 5.32 Å². The zero-order valence-electron chi connectivity index (χ0n) is 13.6. The predicted octanol–water partition coefficient (Wildman–Crippen LogP) is 2.22. The van der Waals surface area contributed by atoms with E-state index >= 15 is 0 Å². The number of aryl methyl sites for hydroxylation is 2. The van der Waals surface area contributed by atoms with Gasteiger partial charge in [-0.25, -0.2) is 0 Å². The van der Waals surface area contributed by atoms with E-state index in [0.29, 0.717) is 17.7 Å². The molecule has 0 aromatic heterocycles. The number of fused-ring (bicyclic) bond motifs is 1. The van der Waals surface area contributed by atoms with Crippen LogP contribution in [-0.2, 0) is 11.3 Å². The Balaban J connectivity index is 1.64. The van der Waals surface area contributed by atoms with Gasteiger partial charge in [-0.15, -0.1) is 0 Å². The molecule has 0 fully saturated rings. The van der Waals surface area contributed by atoms with Crippen LogP contribution in [0.3, 0.4) is 0 Å². The van der Waals surface area contributed by atoms with Crippen LogP contribution in [0.15, 0.2) is 42.5 Å². The highest BCUT2D eigenvalue weighted by atomic mass is 16.2. The van der Waals surface area contributed by atoms with Crippen LogP contribution in [0.5, 0.6) is 0 Å². The molecular formula is C19H18N2O3. The van der Waals surface area contributed by atoms with E-state index in [0.717, 1.165) is 21.6 Å². The molecule has 1 aliphatic rings. The molecule has 0 bridgehead atoms. The third-order valence-electron chi connectivity index (χ3n) is 4.15. The Bertz CT molecular complexity index is 807. The molecule has 0 saturated carbocycles. The molecule has 1 N–H and O–H groups in total. The fourth-order valence-electron chi connectivity index (χ4n) is 2.82. The normalized spacial score (nSPS) is 13.2. The Labute approximate surface area is 140 Å². The summed E-state index contributed by atoms with van der Waals surface area (Å²) in [7, 11) is 0. The average Bonchev–Trinajstić information content (AvgIpc) is 2.79. The van der Waals surface area contributed by atoms with Crippen LogP contribution >= 0.6 is 0 Å². The summed E-state index contributed by atoms with van der Waals surface area (Å²) in [5, 5.41) is 2.77. The molecule has 0 unspecified atom stereocenters. The molecule has 0 atom stereocenters. The molecule has 0 radical (unpaired) electrons. The van der Waals surface area contributed by atoms with Gasteiger partial charge >= 0.3 is 0 Å². The van der Waals surface area contributed by atoms with Crippen molar-refractivity contribution < 1.29 is 14.4 Å². The van der Waals surface area contributed by atoms with Crippen LogP contribution in [-0.4, -0.2) is 29.2 Å². The van der Waals surface area contributed by atoms with E-state index in [9.17, 15) is 14.4 Å². The molecule has 3 amide bonds. The summed E-state index contributed by atoms with van der Waals surface area (Å²) in [6.45, 7) is 4.10. The standard InChI is InChI=1S/C19H18N2O3/c1-12-7-8-14(13(2)9-12)10-20-17(22)11-21-18(23)15-5-3-4-6-16(15)19(21)24/h3-9H,10-11H2,1-2H3,(H,20,22). The second kappa shape index (κ2) is 6.28. The van der Waals surface area contributed by atoms with Crippen molar-refractivity contribution in [3.63, 3.8) is 0 Å². The van der Waals surface area contributed by atoms with E-state index < -0.39 is 11.8 Å². The number of hydrogen-bond donors (Lipinski definition) is 1. The molecule has 2 aromatic carbocycles. The summed E-state index contributed by atoms with van der Waals surface area (Å²) in [6, 6.07) is 12.6. The first-order valence-electron chi connectivity index (χ1n) is 7.75. The lowest BCUT2D eigenvalue weighted by Gasteiger charge is -2.14. The van der Waals surface area contributed by atoms with Crippen molar-refractivity contribution in [2.75, 3.05) is 6.54 Å². The van der Waals surface area contributed by atoms with Crippen LogP contribution in [0.4, 0.5) is 0 Å². The Hall–Kier alpha value is -2.95. The Morgan fingerprint density at radius 2 is 1.62 bits per heavy atom. The number of benzene rings is 2. The van der Waals surface area contributed by atoms with Crippen molar-refractivity contribution in [3.8, 4) is 0 Å². The second-order valence-corrected chi connectivity index (χ2v) is 5.95. The van der Waals surface area contributed by atoms with Crippen molar-refractivity contribution in [2.45, 2.75) is 20.4 Å². The molecule has 0 aliphatic carbocycles. The highest BCUT2D eigenvalue weighted by molar-refractivity contribution is 6.22. The van der Waals surface area contributed by atoms with Gasteiger partial charge in [0, 0.05) is 6.54 Å². The number of hydrogen-bond acceptors (Lipinski definition) is 3.